The van der Waals surface area contributed by atoms with Crippen LogP contribution >= 0.6 is 12.2 Å². The number of rotatable bonds is 6. The van der Waals surface area contributed by atoms with Crippen LogP contribution in [0.1, 0.15) is 39.0 Å². The number of nitrogens with one attached hydrogen (secondary N) is 1. The zero-order valence-corrected chi connectivity index (χ0v) is 18.2. The van der Waals surface area contributed by atoms with Crippen molar-refractivity contribution in [3.05, 3.63) is 33.3 Å². The van der Waals surface area contributed by atoms with E-state index in [9.17, 15) is 4.79 Å². The normalized spacial score (nSPS) is 21.0. The zero-order valence-electron chi connectivity index (χ0n) is 17.4. The molecule has 1 N–H and O–H groups in total. The number of hydrogen-bond donors (Lipinski definition) is 1. The topological polar surface area (TPSA) is 53.5 Å². The molecule has 4 rings (SSSR count). The molecule has 2 aromatic rings. The van der Waals surface area contributed by atoms with Crippen LogP contribution in [0.5, 0.6) is 0 Å². The molecule has 6 nitrogen and oxygen atoms in total. The molecule has 2 fully saturated rings. The molecule has 2 saturated heterocycles. The molecule has 3 heterocycles. The number of anilines is 1. The summed E-state index contributed by atoms with van der Waals surface area (Å²) >= 11 is 5.51. The highest BCUT2D eigenvalue weighted by Crippen LogP contribution is 2.21. The SMILES string of the molecule is CC[C@H]1CCCCN1CCCn1c(=S)[nH]c2ccc(N3CCOCC3)cc2c1=O. The van der Waals surface area contributed by atoms with Gasteiger partial charge in [-0.25, -0.2) is 0 Å². The molecule has 0 saturated carbocycles. The molecule has 7 heteroatoms. The van der Waals surface area contributed by atoms with Crippen molar-refractivity contribution in [2.24, 2.45) is 0 Å². The Bertz CT molecular complexity index is 948. The van der Waals surface area contributed by atoms with Gasteiger partial charge in [0.25, 0.3) is 5.56 Å². The summed E-state index contributed by atoms with van der Waals surface area (Å²) < 4.78 is 7.71. The van der Waals surface area contributed by atoms with E-state index in [4.69, 9.17) is 17.0 Å². The molecule has 1 atom stereocenters. The van der Waals surface area contributed by atoms with Gasteiger partial charge in [-0.1, -0.05) is 13.3 Å². The highest BCUT2D eigenvalue weighted by molar-refractivity contribution is 7.71. The third-order valence-electron chi connectivity index (χ3n) is 6.39. The summed E-state index contributed by atoms with van der Waals surface area (Å²) in [5.41, 5.74) is 1.91. The fourth-order valence-electron chi connectivity index (χ4n) is 4.71. The van der Waals surface area contributed by atoms with E-state index in [1.165, 1.54) is 32.2 Å². The van der Waals surface area contributed by atoms with Gasteiger partial charge in [-0.05, 0) is 62.6 Å². The average Bonchev–Trinajstić information content (AvgIpc) is 2.76. The molecule has 0 aliphatic carbocycles. The smallest absolute Gasteiger partial charge is 0.262 e. The maximum Gasteiger partial charge on any atom is 0.262 e. The molecule has 0 amide bonds. The first kappa shape index (κ1) is 20.6. The summed E-state index contributed by atoms with van der Waals surface area (Å²) in [6.07, 6.45) is 6.09. The van der Waals surface area contributed by atoms with Gasteiger partial charge < -0.3 is 19.5 Å². The van der Waals surface area contributed by atoms with Crippen LogP contribution < -0.4 is 10.5 Å². The number of aromatic nitrogens is 2. The Morgan fingerprint density at radius 1 is 1.17 bits per heavy atom. The van der Waals surface area contributed by atoms with Crippen LogP contribution in [0.2, 0.25) is 0 Å². The summed E-state index contributed by atoms with van der Waals surface area (Å²) in [6, 6.07) is 6.73. The van der Waals surface area contributed by atoms with Gasteiger partial charge >= 0.3 is 0 Å². The molecule has 0 radical (unpaired) electrons. The van der Waals surface area contributed by atoms with Crippen molar-refractivity contribution in [1.82, 2.24) is 14.5 Å². The summed E-state index contributed by atoms with van der Waals surface area (Å²) in [5, 5.41) is 0.715. The van der Waals surface area contributed by atoms with Gasteiger partial charge in [-0.2, -0.15) is 0 Å². The maximum absolute atomic E-state index is 13.2. The Hall–Kier alpha value is -1.70. The number of morpholine rings is 1. The Balaban J connectivity index is 1.52. The summed E-state index contributed by atoms with van der Waals surface area (Å²) in [6.45, 7) is 8.34. The molecule has 2 aliphatic rings. The Kier molecular flexibility index (Phi) is 6.67. The van der Waals surface area contributed by atoms with Gasteiger partial charge in [0.1, 0.15) is 0 Å². The first-order valence-electron chi connectivity index (χ1n) is 11.0. The van der Waals surface area contributed by atoms with Crippen LogP contribution in [0.4, 0.5) is 5.69 Å². The van der Waals surface area contributed by atoms with Gasteiger partial charge in [-0.3, -0.25) is 9.36 Å². The monoisotopic (exact) mass is 416 g/mol. The molecule has 158 valence electrons. The lowest BCUT2D eigenvalue weighted by molar-refractivity contribution is 0.122. The highest BCUT2D eigenvalue weighted by Gasteiger charge is 2.20. The predicted molar refractivity (Wildman–Crippen MR) is 121 cm³/mol. The van der Waals surface area contributed by atoms with Crippen molar-refractivity contribution in [3.8, 4) is 0 Å². The van der Waals surface area contributed by atoms with E-state index in [-0.39, 0.29) is 5.56 Å². The molecular formula is C22H32N4O2S. The minimum atomic E-state index is 0.0181. The second kappa shape index (κ2) is 9.41. The van der Waals surface area contributed by atoms with Crippen LogP contribution in [0.25, 0.3) is 10.9 Å². The zero-order chi connectivity index (χ0) is 20.2. The average molecular weight is 417 g/mol. The third kappa shape index (κ3) is 4.57. The molecule has 0 bridgehead atoms. The molecule has 29 heavy (non-hydrogen) atoms. The molecular weight excluding hydrogens is 384 g/mol. The second-order valence-electron chi connectivity index (χ2n) is 8.16. The van der Waals surface area contributed by atoms with Gasteiger partial charge in [0.2, 0.25) is 0 Å². The van der Waals surface area contributed by atoms with E-state index in [1.807, 2.05) is 12.1 Å². The largest absolute Gasteiger partial charge is 0.378 e. The van der Waals surface area contributed by atoms with E-state index in [0.717, 1.165) is 50.5 Å². The summed E-state index contributed by atoms with van der Waals surface area (Å²) in [7, 11) is 0. The number of fused-ring (bicyclic) bond motifs is 1. The van der Waals surface area contributed by atoms with Crippen molar-refractivity contribution in [2.75, 3.05) is 44.3 Å². The standard InChI is InChI=1S/C22H32N4O2S/c1-2-17-6-3-4-9-24(17)10-5-11-26-21(27)19-16-18(25-12-14-28-15-13-25)7-8-20(19)23-22(26)29/h7-8,16-17H,2-6,9-15H2,1H3,(H,23,29)/t17-/m0/s1. The summed E-state index contributed by atoms with van der Waals surface area (Å²) in [5.74, 6) is 0. The Morgan fingerprint density at radius 3 is 2.79 bits per heavy atom. The van der Waals surface area contributed by atoms with Gasteiger partial charge in [0.15, 0.2) is 4.77 Å². The van der Waals surface area contributed by atoms with Crippen LogP contribution in [0, 0.1) is 4.77 Å². The molecule has 0 unspecified atom stereocenters. The van der Waals surface area contributed by atoms with Crippen LogP contribution in [-0.2, 0) is 11.3 Å². The van der Waals surface area contributed by atoms with Crippen molar-refractivity contribution in [2.45, 2.75) is 51.6 Å². The van der Waals surface area contributed by atoms with Crippen molar-refractivity contribution in [3.63, 3.8) is 0 Å². The Morgan fingerprint density at radius 2 is 2.00 bits per heavy atom. The number of benzene rings is 1. The molecule has 1 aromatic carbocycles. The van der Waals surface area contributed by atoms with E-state index in [0.29, 0.717) is 22.7 Å². The van der Waals surface area contributed by atoms with Crippen LogP contribution in [0.15, 0.2) is 23.0 Å². The molecule has 0 spiro atoms. The quantitative estimate of drug-likeness (QED) is 0.730. The number of H-pyrrole nitrogens is 1. The van der Waals surface area contributed by atoms with Crippen molar-refractivity contribution >= 4 is 28.8 Å². The van der Waals surface area contributed by atoms with E-state index < -0.39 is 0 Å². The summed E-state index contributed by atoms with van der Waals surface area (Å²) in [4.78, 5) is 21.3. The maximum atomic E-state index is 13.2. The third-order valence-corrected chi connectivity index (χ3v) is 6.71. The number of piperidine rings is 1. The minimum absolute atomic E-state index is 0.0181. The van der Waals surface area contributed by atoms with Gasteiger partial charge in [-0.15, -0.1) is 0 Å². The number of aromatic amines is 1. The first-order chi connectivity index (χ1) is 14.2. The second-order valence-corrected chi connectivity index (χ2v) is 8.55. The van der Waals surface area contributed by atoms with E-state index >= 15 is 0 Å². The lowest BCUT2D eigenvalue weighted by atomic mass is 10.00. The Labute approximate surface area is 177 Å². The van der Waals surface area contributed by atoms with Gasteiger partial charge in [0.05, 0.1) is 24.1 Å². The van der Waals surface area contributed by atoms with E-state index in [1.54, 1.807) is 4.57 Å². The number of ether oxygens (including phenoxy) is 1. The number of likely N-dealkylation sites (tertiary alicyclic amines) is 1. The fourth-order valence-corrected chi connectivity index (χ4v) is 4.99. The molecule has 2 aliphatic heterocycles. The lowest BCUT2D eigenvalue weighted by Crippen LogP contribution is -2.40. The van der Waals surface area contributed by atoms with Crippen LogP contribution in [0.3, 0.4) is 0 Å². The minimum Gasteiger partial charge on any atom is -0.378 e. The lowest BCUT2D eigenvalue weighted by Gasteiger charge is -2.35. The van der Waals surface area contributed by atoms with Crippen molar-refractivity contribution < 1.29 is 4.74 Å². The van der Waals surface area contributed by atoms with Crippen molar-refractivity contribution in [1.29, 1.82) is 0 Å². The van der Waals surface area contributed by atoms with Crippen LogP contribution in [-0.4, -0.2) is 59.9 Å². The molecule has 1 aromatic heterocycles. The predicted octanol–water partition coefficient (Wildman–Crippen LogP) is 3.55. The fraction of sp³-hybridized carbons (Fsp3) is 0.636. The van der Waals surface area contributed by atoms with E-state index in [2.05, 4.69) is 27.8 Å². The number of nitrogens with zero attached hydrogens (tertiary/aromatic N) is 3. The van der Waals surface area contributed by atoms with Gasteiger partial charge in [0, 0.05) is 37.9 Å². The number of hydrogen-bond acceptors (Lipinski definition) is 5. The first-order valence-corrected chi connectivity index (χ1v) is 11.4. The highest BCUT2D eigenvalue weighted by atomic mass is 32.1.